The highest BCUT2D eigenvalue weighted by Gasteiger charge is 2.42. The molecule has 1 atom stereocenters. The van der Waals surface area contributed by atoms with Gasteiger partial charge in [-0.1, -0.05) is 0 Å². The van der Waals surface area contributed by atoms with E-state index in [9.17, 15) is 9.59 Å². The van der Waals surface area contributed by atoms with E-state index in [0.29, 0.717) is 36.4 Å². The Kier molecular flexibility index (Phi) is 5.85. The zero-order valence-corrected chi connectivity index (χ0v) is 17.7. The normalized spacial score (nSPS) is 18.3. The first-order chi connectivity index (χ1) is 14.1. The summed E-state index contributed by atoms with van der Waals surface area (Å²) in [6.07, 6.45) is 6.51. The number of amides is 2. The molecule has 0 spiro atoms. The summed E-state index contributed by atoms with van der Waals surface area (Å²) in [5.41, 5.74) is 0.706. The second-order valence-electron chi connectivity index (χ2n) is 8.00. The van der Waals surface area contributed by atoms with E-state index in [-0.39, 0.29) is 12.1 Å². The van der Waals surface area contributed by atoms with Gasteiger partial charge in [-0.05, 0) is 75.6 Å². The Hall–Kier alpha value is -2.41. The molecule has 0 N–H and O–H groups in total. The molecule has 2 aliphatic rings. The molecule has 4 rings (SSSR count). The van der Waals surface area contributed by atoms with Crippen LogP contribution in [0.25, 0.3) is 0 Å². The molecule has 0 radical (unpaired) electrons. The lowest BCUT2D eigenvalue weighted by atomic mass is 9.86. The van der Waals surface area contributed by atoms with Crippen LogP contribution in [0.3, 0.4) is 0 Å². The number of aryl methyl sites for hydroxylation is 2. The average molecular weight is 414 g/mol. The van der Waals surface area contributed by atoms with Crippen molar-refractivity contribution in [2.24, 2.45) is 11.8 Å². The Morgan fingerprint density at radius 3 is 2.52 bits per heavy atom. The van der Waals surface area contributed by atoms with Crippen LogP contribution in [0.5, 0.6) is 5.75 Å². The molecule has 3 heterocycles. The zero-order chi connectivity index (χ0) is 20.4. The summed E-state index contributed by atoms with van der Waals surface area (Å²) in [5.74, 6) is 1.49. The van der Waals surface area contributed by atoms with Crippen molar-refractivity contribution in [2.45, 2.75) is 45.6 Å². The topological polar surface area (TPSA) is 62.7 Å². The van der Waals surface area contributed by atoms with Crippen molar-refractivity contribution in [2.75, 3.05) is 18.0 Å². The van der Waals surface area contributed by atoms with Crippen LogP contribution in [0.4, 0.5) is 9.80 Å². The highest BCUT2D eigenvalue weighted by molar-refractivity contribution is 7.16. The van der Waals surface area contributed by atoms with Gasteiger partial charge in [-0.3, -0.25) is 9.78 Å². The number of likely N-dealkylation sites (tertiary alicyclic amines) is 1. The van der Waals surface area contributed by atoms with Crippen LogP contribution in [0.1, 0.15) is 36.3 Å². The third kappa shape index (κ3) is 4.45. The lowest BCUT2D eigenvalue weighted by Gasteiger charge is -2.39. The molecule has 2 amide bonds. The molecule has 1 saturated heterocycles. The Bertz CT molecular complexity index is 872. The van der Waals surface area contributed by atoms with E-state index < -0.39 is 0 Å². The van der Waals surface area contributed by atoms with Crippen molar-refractivity contribution in [3.05, 3.63) is 41.0 Å². The van der Waals surface area contributed by atoms with Crippen molar-refractivity contribution >= 4 is 28.8 Å². The first kappa shape index (κ1) is 19.9. The van der Waals surface area contributed by atoms with Crippen molar-refractivity contribution in [3.8, 4) is 5.75 Å². The van der Waals surface area contributed by atoms with Crippen LogP contribution in [-0.4, -0.2) is 41.5 Å². The maximum atomic E-state index is 12.6. The number of thiophene rings is 1. The number of carbonyl (C=O) groups is 2. The second-order valence-corrected chi connectivity index (χ2v) is 9.27. The number of hydrogen-bond acceptors (Lipinski definition) is 5. The van der Waals surface area contributed by atoms with E-state index in [2.05, 4.69) is 18.0 Å². The largest absolute Gasteiger partial charge is 0.415 e. The quantitative estimate of drug-likeness (QED) is 0.658. The molecule has 1 aliphatic heterocycles. The smallest absolute Gasteiger partial charge is 0.408 e. The van der Waals surface area contributed by atoms with Crippen molar-refractivity contribution in [1.82, 2.24) is 9.88 Å². The van der Waals surface area contributed by atoms with Gasteiger partial charge in [0, 0.05) is 30.2 Å². The second kappa shape index (κ2) is 8.53. The fourth-order valence-electron chi connectivity index (χ4n) is 4.27. The van der Waals surface area contributed by atoms with Gasteiger partial charge in [0.25, 0.3) is 0 Å². The Balaban J connectivity index is 1.40. The fraction of sp³-hybridized carbons (Fsp3) is 0.500. The predicted octanol–water partition coefficient (Wildman–Crippen LogP) is 4.41. The van der Waals surface area contributed by atoms with Gasteiger partial charge < -0.3 is 14.5 Å². The lowest BCUT2D eigenvalue weighted by molar-refractivity contribution is -0.108. The molecule has 0 aromatic carbocycles. The van der Waals surface area contributed by atoms with Crippen LogP contribution >= 0.6 is 11.3 Å². The monoisotopic (exact) mass is 413 g/mol. The summed E-state index contributed by atoms with van der Waals surface area (Å²) in [6.45, 7) is 5.21. The highest BCUT2D eigenvalue weighted by atomic mass is 32.1. The van der Waals surface area contributed by atoms with E-state index >= 15 is 0 Å². The minimum atomic E-state index is -0.316. The van der Waals surface area contributed by atoms with Crippen molar-refractivity contribution < 1.29 is 14.3 Å². The van der Waals surface area contributed by atoms with Crippen LogP contribution in [0.15, 0.2) is 30.5 Å². The molecule has 2 aromatic rings. The molecule has 7 heteroatoms. The zero-order valence-electron chi connectivity index (χ0n) is 16.9. The summed E-state index contributed by atoms with van der Waals surface area (Å²) < 4.78 is 5.54. The van der Waals surface area contributed by atoms with Crippen LogP contribution in [0.2, 0.25) is 0 Å². The van der Waals surface area contributed by atoms with Crippen molar-refractivity contribution in [3.63, 3.8) is 0 Å². The number of rotatable bonds is 6. The first-order valence-electron chi connectivity index (χ1n) is 10.2. The number of aromatic nitrogens is 1. The number of anilines is 1. The van der Waals surface area contributed by atoms with Crippen molar-refractivity contribution in [1.29, 1.82) is 0 Å². The molecular formula is C22H27N3O3S. The van der Waals surface area contributed by atoms with E-state index in [4.69, 9.17) is 4.74 Å². The summed E-state index contributed by atoms with van der Waals surface area (Å²) in [7, 11) is 0. The number of hydrogen-bond donors (Lipinski definition) is 0. The predicted molar refractivity (Wildman–Crippen MR) is 113 cm³/mol. The molecule has 0 bridgehead atoms. The molecule has 1 saturated carbocycles. The molecule has 2 fully saturated rings. The van der Waals surface area contributed by atoms with Gasteiger partial charge in [0.2, 0.25) is 6.41 Å². The van der Waals surface area contributed by atoms with Gasteiger partial charge >= 0.3 is 6.09 Å². The summed E-state index contributed by atoms with van der Waals surface area (Å²) in [6, 6.07) is 7.87. The minimum absolute atomic E-state index is 0.226. The van der Waals surface area contributed by atoms with E-state index in [1.165, 1.54) is 17.7 Å². The molecule has 29 heavy (non-hydrogen) atoms. The average Bonchev–Trinajstić information content (AvgIpc) is 3.48. The van der Waals surface area contributed by atoms with Gasteiger partial charge in [-0.15, -0.1) is 11.3 Å². The Morgan fingerprint density at radius 2 is 1.93 bits per heavy atom. The lowest BCUT2D eigenvalue weighted by Crippen LogP contribution is -2.48. The summed E-state index contributed by atoms with van der Waals surface area (Å²) in [5, 5.41) is 1.03. The van der Waals surface area contributed by atoms with Crippen LogP contribution < -0.4 is 9.64 Å². The van der Waals surface area contributed by atoms with Gasteiger partial charge in [-0.2, -0.15) is 0 Å². The molecule has 6 nitrogen and oxygen atoms in total. The summed E-state index contributed by atoms with van der Waals surface area (Å²) >= 11 is 1.67. The maximum Gasteiger partial charge on any atom is 0.415 e. The third-order valence-electron chi connectivity index (χ3n) is 5.96. The standard InChI is InChI=1S/C22H27N3O3S/c1-15-5-8-20(29-15)25(14-26)21(17-6-7-17)18-9-12-24(13-10-18)22(27)28-19-4-3-11-23-16(19)2/h3-5,8,11,14,17-18,21H,6-7,9-10,12-13H2,1-2H3/t21-/m1/s1. The summed E-state index contributed by atoms with van der Waals surface area (Å²) in [4.78, 5) is 33.6. The number of ether oxygens (including phenoxy) is 1. The SMILES string of the molecule is Cc1ccc(N(C=O)[C@H](C2CC2)C2CCN(C(=O)Oc3cccnc3C)CC2)s1. The van der Waals surface area contributed by atoms with Gasteiger partial charge in [0.05, 0.1) is 10.7 Å². The number of piperidine rings is 1. The third-order valence-corrected chi connectivity index (χ3v) is 6.97. The molecule has 2 aromatic heterocycles. The molecule has 0 unspecified atom stereocenters. The van der Waals surface area contributed by atoms with Gasteiger partial charge in [0.1, 0.15) is 0 Å². The van der Waals surface area contributed by atoms with Crippen LogP contribution in [-0.2, 0) is 4.79 Å². The van der Waals surface area contributed by atoms with E-state index in [1.54, 1.807) is 34.6 Å². The number of carbonyl (C=O) groups excluding carboxylic acids is 2. The number of nitrogens with zero attached hydrogens (tertiary/aromatic N) is 3. The Morgan fingerprint density at radius 1 is 1.21 bits per heavy atom. The highest BCUT2D eigenvalue weighted by Crippen LogP contribution is 2.43. The molecule has 154 valence electrons. The van der Waals surface area contributed by atoms with Gasteiger partial charge in [0.15, 0.2) is 5.75 Å². The van der Waals surface area contributed by atoms with Crippen LogP contribution in [0, 0.1) is 25.7 Å². The van der Waals surface area contributed by atoms with Gasteiger partial charge in [-0.25, -0.2) is 4.79 Å². The van der Waals surface area contributed by atoms with E-state index in [1.807, 2.05) is 17.9 Å². The fourth-order valence-corrected chi connectivity index (χ4v) is 5.14. The number of pyridine rings is 1. The Labute approximate surface area is 175 Å². The minimum Gasteiger partial charge on any atom is -0.408 e. The van der Waals surface area contributed by atoms with E-state index in [0.717, 1.165) is 24.3 Å². The molecule has 1 aliphatic carbocycles. The first-order valence-corrected chi connectivity index (χ1v) is 11.1. The molecular weight excluding hydrogens is 386 g/mol. The maximum absolute atomic E-state index is 12.6.